The van der Waals surface area contributed by atoms with Crippen molar-refractivity contribution in [2.75, 3.05) is 10.6 Å². The highest BCUT2D eigenvalue weighted by atomic mass is 32.1. The van der Waals surface area contributed by atoms with Gasteiger partial charge in [-0.05, 0) is 30.5 Å². The molecule has 1 aliphatic carbocycles. The molecule has 2 aromatic rings. The van der Waals surface area contributed by atoms with Crippen molar-refractivity contribution < 1.29 is 9.59 Å². The molecular formula is C17H17N3O2S. The lowest BCUT2D eigenvalue weighted by atomic mass is 9.70. The number of hydrogen-bond donors (Lipinski definition) is 2. The number of benzene rings is 1. The van der Waals surface area contributed by atoms with Crippen molar-refractivity contribution >= 4 is 34.0 Å². The van der Waals surface area contributed by atoms with Gasteiger partial charge < -0.3 is 10.6 Å². The summed E-state index contributed by atoms with van der Waals surface area (Å²) in [5, 5.41) is 8.33. The van der Waals surface area contributed by atoms with Crippen molar-refractivity contribution in [1.82, 2.24) is 4.98 Å². The molecule has 1 saturated carbocycles. The fourth-order valence-electron chi connectivity index (χ4n) is 3.03. The van der Waals surface area contributed by atoms with E-state index < -0.39 is 0 Å². The van der Waals surface area contributed by atoms with Gasteiger partial charge in [-0.3, -0.25) is 9.59 Å². The van der Waals surface area contributed by atoms with E-state index in [4.69, 9.17) is 0 Å². The number of anilines is 2. The van der Waals surface area contributed by atoms with Gasteiger partial charge in [0.1, 0.15) is 0 Å². The summed E-state index contributed by atoms with van der Waals surface area (Å²) in [5.41, 5.74) is 3.43. The summed E-state index contributed by atoms with van der Waals surface area (Å²) in [6.45, 7) is 2.00. The van der Waals surface area contributed by atoms with Crippen molar-refractivity contribution in [3.05, 3.63) is 29.1 Å². The Morgan fingerprint density at radius 3 is 2.96 bits per heavy atom. The summed E-state index contributed by atoms with van der Waals surface area (Å²) in [4.78, 5) is 28.2. The molecule has 118 valence electrons. The smallest absolute Gasteiger partial charge is 0.232 e. The molecule has 1 aromatic heterocycles. The second kappa shape index (κ2) is 5.16. The maximum Gasteiger partial charge on any atom is 0.232 e. The first-order chi connectivity index (χ1) is 11.0. The zero-order valence-corrected chi connectivity index (χ0v) is 13.6. The molecule has 1 aromatic carbocycles. The minimum absolute atomic E-state index is 0.0251. The summed E-state index contributed by atoms with van der Waals surface area (Å²) in [6.07, 6.45) is 3.43. The number of carbonyl (C=O) groups excluding carboxylic acids is 2. The van der Waals surface area contributed by atoms with Gasteiger partial charge in [-0.2, -0.15) is 0 Å². The fourth-order valence-corrected chi connectivity index (χ4v) is 3.75. The predicted molar refractivity (Wildman–Crippen MR) is 90.5 cm³/mol. The van der Waals surface area contributed by atoms with Crippen LogP contribution in [0.3, 0.4) is 0 Å². The standard InChI is InChI=1S/C17H17N3O2S/c1-17(5-2-6-17)15(22)20-16-19-13(9-23-16)10-3-4-12-11(7-10)8-14(21)18-12/h3-4,7,9H,2,5-6,8H2,1H3,(H,18,21)(H,19,20,22). The van der Waals surface area contributed by atoms with Crippen LogP contribution in [-0.4, -0.2) is 16.8 Å². The van der Waals surface area contributed by atoms with E-state index in [1.807, 2.05) is 30.5 Å². The molecule has 0 radical (unpaired) electrons. The molecule has 1 aliphatic heterocycles. The largest absolute Gasteiger partial charge is 0.326 e. The van der Waals surface area contributed by atoms with Crippen LogP contribution in [0.15, 0.2) is 23.6 Å². The van der Waals surface area contributed by atoms with Crippen LogP contribution in [0.4, 0.5) is 10.8 Å². The van der Waals surface area contributed by atoms with Gasteiger partial charge >= 0.3 is 0 Å². The van der Waals surface area contributed by atoms with E-state index in [0.29, 0.717) is 11.6 Å². The van der Waals surface area contributed by atoms with Crippen LogP contribution in [-0.2, 0) is 16.0 Å². The molecular weight excluding hydrogens is 310 g/mol. The van der Waals surface area contributed by atoms with E-state index in [9.17, 15) is 9.59 Å². The Bertz CT molecular complexity index is 808. The summed E-state index contributed by atoms with van der Waals surface area (Å²) in [6, 6.07) is 5.84. The van der Waals surface area contributed by atoms with Crippen LogP contribution in [0.5, 0.6) is 0 Å². The summed E-state index contributed by atoms with van der Waals surface area (Å²) >= 11 is 1.43. The molecule has 2 amide bonds. The minimum atomic E-state index is -0.231. The van der Waals surface area contributed by atoms with Gasteiger partial charge in [0.15, 0.2) is 5.13 Å². The van der Waals surface area contributed by atoms with Crippen molar-refractivity contribution in [3.63, 3.8) is 0 Å². The maximum absolute atomic E-state index is 12.3. The van der Waals surface area contributed by atoms with Gasteiger partial charge in [-0.1, -0.05) is 19.4 Å². The molecule has 2 heterocycles. The lowest BCUT2D eigenvalue weighted by Gasteiger charge is -2.36. The highest BCUT2D eigenvalue weighted by Crippen LogP contribution is 2.41. The van der Waals surface area contributed by atoms with E-state index >= 15 is 0 Å². The maximum atomic E-state index is 12.3. The van der Waals surface area contributed by atoms with E-state index in [-0.39, 0.29) is 17.2 Å². The van der Waals surface area contributed by atoms with Gasteiger partial charge in [0.2, 0.25) is 11.8 Å². The third kappa shape index (κ3) is 2.53. The van der Waals surface area contributed by atoms with Crippen LogP contribution in [0.25, 0.3) is 11.3 Å². The third-order valence-corrected chi connectivity index (χ3v) is 5.51. The van der Waals surface area contributed by atoms with Crippen molar-refractivity contribution in [2.45, 2.75) is 32.6 Å². The Kier molecular flexibility index (Phi) is 3.23. The predicted octanol–water partition coefficient (Wildman–Crippen LogP) is 3.43. The number of fused-ring (bicyclic) bond motifs is 1. The molecule has 23 heavy (non-hydrogen) atoms. The van der Waals surface area contributed by atoms with Crippen LogP contribution in [0.1, 0.15) is 31.7 Å². The van der Waals surface area contributed by atoms with Gasteiger partial charge in [0.25, 0.3) is 0 Å². The second-order valence-electron chi connectivity index (χ2n) is 6.50. The molecule has 0 spiro atoms. The zero-order chi connectivity index (χ0) is 16.0. The van der Waals surface area contributed by atoms with Crippen molar-refractivity contribution in [1.29, 1.82) is 0 Å². The van der Waals surface area contributed by atoms with Gasteiger partial charge in [-0.15, -0.1) is 11.3 Å². The van der Waals surface area contributed by atoms with Crippen LogP contribution < -0.4 is 10.6 Å². The quantitative estimate of drug-likeness (QED) is 0.907. The summed E-state index contributed by atoms with van der Waals surface area (Å²) < 4.78 is 0. The molecule has 2 aliphatic rings. The number of amides is 2. The highest BCUT2D eigenvalue weighted by molar-refractivity contribution is 7.14. The van der Waals surface area contributed by atoms with Gasteiger partial charge in [0, 0.05) is 22.0 Å². The number of thiazole rings is 1. The van der Waals surface area contributed by atoms with Crippen molar-refractivity contribution in [3.8, 4) is 11.3 Å². The zero-order valence-electron chi connectivity index (χ0n) is 12.8. The molecule has 0 saturated heterocycles. The average molecular weight is 327 g/mol. The molecule has 4 rings (SSSR count). The Labute approximate surface area is 138 Å². The van der Waals surface area contributed by atoms with Gasteiger partial charge in [-0.25, -0.2) is 4.98 Å². The van der Waals surface area contributed by atoms with E-state index in [0.717, 1.165) is 41.8 Å². The number of nitrogens with zero attached hydrogens (tertiary/aromatic N) is 1. The van der Waals surface area contributed by atoms with Gasteiger partial charge in [0.05, 0.1) is 12.1 Å². The van der Waals surface area contributed by atoms with Crippen molar-refractivity contribution in [2.24, 2.45) is 5.41 Å². The molecule has 6 heteroatoms. The topological polar surface area (TPSA) is 71.1 Å². The molecule has 0 atom stereocenters. The molecule has 2 N–H and O–H groups in total. The van der Waals surface area contributed by atoms with E-state index in [1.54, 1.807) is 0 Å². The highest BCUT2D eigenvalue weighted by Gasteiger charge is 2.39. The molecule has 1 fully saturated rings. The number of hydrogen-bond acceptors (Lipinski definition) is 4. The Balaban J connectivity index is 1.53. The SMILES string of the molecule is CC1(C(=O)Nc2nc(-c3ccc4c(c3)CC(=O)N4)cs2)CCC1. The lowest BCUT2D eigenvalue weighted by molar-refractivity contribution is -0.128. The molecule has 5 nitrogen and oxygen atoms in total. The number of nitrogens with one attached hydrogen (secondary N) is 2. The number of aromatic nitrogens is 1. The number of rotatable bonds is 3. The number of carbonyl (C=O) groups is 2. The van der Waals surface area contributed by atoms with E-state index in [1.165, 1.54) is 11.3 Å². The first-order valence-corrected chi connectivity index (χ1v) is 8.62. The van der Waals surface area contributed by atoms with Crippen LogP contribution in [0, 0.1) is 5.41 Å². The van der Waals surface area contributed by atoms with E-state index in [2.05, 4.69) is 15.6 Å². The van der Waals surface area contributed by atoms with Crippen LogP contribution in [0.2, 0.25) is 0 Å². The second-order valence-corrected chi connectivity index (χ2v) is 7.36. The Morgan fingerprint density at radius 1 is 1.39 bits per heavy atom. The minimum Gasteiger partial charge on any atom is -0.326 e. The normalized spacial score (nSPS) is 18.0. The molecule has 0 unspecified atom stereocenters. The molecule has 0 bridgehead atoms. The average Bonchev–Trinajstić information content (AvgIpc) is 3.09. The first kappa shape index (κ1) is 14.4. The Morgan fingerprint density at radius 2 is 2.22 bits per heavy atom. The Hall–Kier alpha value is -2.21. The summed E-state index contributed by atoms with van der Waals surface area (Å²) in [7, 11) is 0. The lowest BCUT2D eigenvalue weighted by Crippen LogP contribution is -2.39. The summed E-state index contributed by atoms with van der Waals surface area (Å²) in [5.74, 6) is 0.0884. The fraction of sp³-hybridized carbons (Fsp3) is 0.353. The monoisotopic (exact) mass is 327 g/mol. The first-order valence-electron chi connectivity index (χ1n) is 7.74. The third-order valence-electron chi connectivity index (χ3n) is 4.76. The van der Waals surface area contributed by atoms with Crippen LogP contribution >= 0.6 is 11.3 Å².